The molecule has 0 saturated carbocycles. The first-order chi connectivity index (χ1) is 14.0. The number of nitrogens with zero attached hydrogens (tertiary/aromatic N) is 3. The average Bonchev–Trinajstić information content (AvgIpc) is 2.74. The summed E-state index contributed by atoms with van der Waals surface area (Å²) in [5, 5.41) is 1.20. The summed E-state index contributed by atoms with van der Waals surface area (Å²) in [6, 6.07) is 14.9. The van der Waals surface area contributed by atoms with Gasteiger partial charge in [0, 0.05) is 15.8 Å². The van der Waals surface area contributed by atoms with E-state index in [2.05, 4.69) is 9.97 Å². The van der Waals surface area contributed by atoms with Gasteiger partial charge in [-0.15, -0.1) is 11.8 Å². The van der Waals surface area contributed by atoms with Gasteiger partial charge in [-0.3, -0.25) is 14.2 Å². The van der Waals surface area contributed by atoms with Crippen molar-refractivity contribution < 1.29 is 9.53 Å². The molecule has 2 heterocycles. The summed E-state index contributed by atoms with van der Waals surface area (Å²) >= 11 is 7.90. The molecule has 0 aliphatic rings. The first-order valence-electron chi connectivity index (χ1n) is 8.78. The van der Waals surface area contributed by atoms with Crippen molar-refractivity contribution in [3.05, 3.63) is 75.8 Å². The second-order valence-electron chi connectivity index (χ2n) is 6.33. The van der Waals surface area contributed by atoms with Crippen molar-refractivity contribution in [2.75, 3.05) is 6.26 Å². The van der Waals surface area contributed by atoms with E-state index in [-0.39, 0.29) is 23.9 Å². The van der Waals surface area contributed by atoms with Crippen LogP contribution in [-0.4, -0.2) is 26.8 Å². The molecule has 0 saturated heterocycles. The predicted molar refractivity (Wildman–Crippen MR) is 114 cm³/mol. The molecule has 0 aliphatic heterocycles. The lowest BCUT2D eigenvalue weighted by Crippen LogP contribution is -2.25. The number of ether oxygens (including phenoxy) is 1. The lowest BCUT2D eigenvalue weighted by molar-refractivity contribution is -0.145. The van der Waals surface area contributed by atoms with Crippen LogP contribution in [0.4, 0.5) is 0 Å². The number of esters is 1. The molecule has 0 spiro atoms. The Labute approximate surface area is 175 Å². The molecule has 6 nitrogen and oxygen atoms in total. The van der Waals surface area contributed by atoms with Crippen molar-refractivity contribution in [3.8, 4) is 0 Å². The maximum atomic E-state index is 12.4. The molecule has 0 bridgehead atoms. The second-order valence-corrected chi connectivity index (χ2v) is 7.57. The molecule has 2 aromatic heterocycles. The van der Waals surface area contributed by atoms with Crippen LogP contribution < -0.4 is 5.56 Å². The first kappa shape index (κ1) is 19.4. The van der Waals surface area contributed by atoms with Gasteiger partial charge in [-0.2, -0.15) is 0 Å². The SMILES string of the molecule is CSc1ccc2cc(COC(=O)Cn3c(=O)cnc4ccccc43)c(Cl)nc2c1. The van der Waals surface area contributed by atoms with Gasteiger partial charge in [-0.05, 0) is 36.6 Å². The summed E-state index contributed by atoms with van der Waals surface area (Å²) in [6.45, 7) is -0.236. The largest absolute Gasteiger partial charge is 0.459 e. The molecule has 29 heavy (non-hydrogen) atoms. The lowest BCUT2D eigenvalue weighted by atomic mass is 10.2. The lowest BCUT2D eigenvalue weighted by Gasteiger charge is -2.11. The van der Waals surface area contributed by atoms with Gasteiger partial charge < -0.3 is 4.74 Å². The molecule has 0 radical (unpaired) electrons. The highest BCUT2D eigenvalue weighted by atomic mass is 35.5. The Bertz CT molecular complexity index is 1290. The molecule has 0 unspecified atom stereocenters. The third kappa shape index (κ3) is 4.11. The summed E-state index contributed by atoms with van der Waals surface area (Å²) in [5.74, 6) is -0.544. The van der Waals surface area contributed by atoms with E-state index in [1.807, 2.05) is 36.6 Å². The minimum absolute atomic E-state index is 0.0251. The third-order valence-corrected chi connectivity index (χ3v) is 5.53. The number of halogens is 1. The topological polar surface area (TPSA) is 74.1 Å². The zero-order valence-electron chi connectivity index (χ0n) is 15.5. The van der Waals surface area contributed by atoms with Crippen molar-refractivity contribution in [2.24, 2.45) is 0 Å². The van der Waals surface area contributed by atoms with Gasteiger partial charge in [0.15, 0.2) is 0 Å². The maximum absolute atomic E-state index is 12.4. The van der Waals surface area contributed by atoms with E-state index >= 15 is 0 Å². The van der Waals surface area contributed by atoms with Crippen LogP contribution in [0.5, 0.6) is 0 Å². The van der Waals surface area contributed by atoms with Gasteiger partial charge >= 0.3 is 5.97 Å². The van der Waals surface area contributed by atoms with Crippen LogP contribution in [0.2, 0.25) is 5.15 Å². The average molecular weight is 426 g/mol. The van der Waals surface area contributed by atoms with E-state index in [0.29, 0.717) is 16.6 Å². The van der Waals surface area contributed by atoms with Gasteiger partial charge in [0.05, 0.1) is 22.7 Å². The minimum Gasteiger partial charge on any atom is -0.459 e. The van der Waals surface area contributed by atoms with Crippen molar-refractivity contribution in [1.82, 2.24) is 14.5 Å². The van der Waals surface area contributed by atoms with Gasteiger partial charge in [0.1, 0.15) is 18.3 Å². The standard InChI is InChI=1S/C21H16ClN3O3S/c1-29-15-7-6-13-8-14(21(22)24-17(13)9-15)12-28-20(27)11-25-18-5-3-2-4-16(18)23-10-19(25)26/h2-10H,11-12H2,1H3. The summed E-state index contributed by atoms with van der Waals surface area (Å²) in [5.41, 5.74) is 2.23. The molecule has 0 N–H and O–H groups in total. The fourth-order valence-corrected chi connectivity index (χ4v) is 3.64. The number of carbonyl (C=O) groups is 1. The Hall–Kier alpha value is -2.90. The summed E-state index contributed by atoms with van der Waals surface area (Å²) in [4.78, 5) is 34.1. The van der Waals surface area contributed by atoms with Gasteiger partial charge in [0.25, 0.3) is 5.56 Å². The molecule has 0 atom stereocenters. The predicted octanol–water partition coefficient (Wildman–Crippen LogP) is 4.06. The highest BCUT2D eigenvalue weighted by Crippen LogP contribution is 2.25. The smallest absolute Gasteiger partial charge is 0.326 e. The molecule has 4 rings (SSSR count). The van der Waals surface area contributed by atoms with E-state index < -0.39 is 5.97 Å². The molecular formula is C21H16ClN3O3S. The van der Waals surface area contributed by atoms with Crippen molar-refractivity contribution >= 4 is 51.3 Å². The molecule has 0 fully saturated rings. The van der Waals surface area contributed by atoms with E-state index in [9.17, 15) is 9.59 Å². The molecule has 0 aliphatic carbocycles. The molecular weight excluding hydrogens is 410 g/mol. The Morgan fingerprint density at radius 3 is 2.83 bits per heavy atom. The van der Waals surface area contributed by atoms with Gasteiger partial charge in [-0.1, -0.05) is 29.8 Å². The van der Waals surface area contributed by atoms with Crippen LogP contribution in [-0.2, 0) is 22.7 Å². The van der Waals surface area contributed by atoms with Crippen LogP contribution in [0.1, 0.15) is 5.56 Å². The molecule has 146 valence electrons. The number of rotatable bonds is 5. The minimum atomic E-state index is -0.544. The third-order valence-electron chi connectivity index (χ3n) is 4.48. The number of fused-ring (bicyclic) bond motifs is 2. The van der Waals surface area contributed by atoms with Crippen molar-refractivity contribution in [1.29, 1.82) is 0 Å². The van der Waals surface area contributed by atoms with Gasteiger partial charge in [0.2, 0.25) is 0 Å². The Balaban J connectivity index is 1.52. The molecule has 2 aromatic carbocycles. The van der Waals surface area contributed by atoms with Gasteiger partial charge in [-0.25, -0.2) is 9.97 Å². The fraction of sp³-hybridized carbons (Fsp3) is 0.143. The molecule has 8 heteroatoms. The maximum Gasteiger partial charge on any atom is 0.326 e. The normalized spacial score (nSPS) is 11.1. The zero-order valence-corrected chi connectivity index (χ0v) is 17.0. The van der Waals surface area contributed by atoms with Crippen LogP contribution >= 0.6 is 23.4 Å². The number of para-hydroxylation sites is 2. The number of carbonyl (C=O) groups excluding carboxylic acids is 1. The fourth-order valence-electron chi connectivity index (χ4n) is 3.01. The summed E-state index contributed by atoms with van der Waals surface area (Å²) in [6.07, 6.45) is 3.19. The van der Waals surface area contributed by atoms with E-state index in [0.717, 1.165) is 15.8 Å². The number of benzene rings is 2. The number of aromatic nitrogens is 3. The van der Waals surface area contributed by atoms with Crippen LogP contribution in [0.25, 0.3) is 21.9 Å². The zero-order chi connectivity index (χ0) is 20.4. The highest BCUT2D eigenvalue weighted by Gasteiger charge is 2.12. The number of hydrogen-bond acceptors (Lipinski definition) is 6. The molecule has 0 amide bonds. The van der Waals surface area contributed by atoms with Crippen molar-refractivity contribution in [3.63, 3.8) is 0 Å². The molecule has 4 aromatic rings. The quantitative estimate of drug-likeness (QED) is 0.272. The van der Waals surface area contributed by atoms with E-state index in [4.69, 9.17) is 16.3 Å². The monoisotopic (exact) mass is 425 g/mol. The Morgan fingerprint density at radius 2 is 2.00 bits per heavy atom. The van der Waals surface area contributed by atoms with Crippen molar-refractivity contribution in [2.45, 2.75) is 18.0 Å². The van der Waals surface area contributed by atoms with E-state index in [1.54, 1.807) is 30.0 Å². The van der Waals surface area contributed by atoms with Crippen LogP contribution in [0.3, 0.4) is 0 Å². The Kier molecular flexibility index (Phi) is 5.51. The number of thioether (sulfide) groups is 1. The Morgan fingerprint density at radius 1 is 1.17 bits per heavy atom. The van der Waals surface area contributed by atoms with E-state index in [1.165, 1.54) is 10.8 Å². The number of pyridine rings is 1. The highest BCUT2D eigenvalue weighted by molar-refractivity contribution is 7.98. The van der Waals surface area contributed by atoms with Crippen LogP contribution in [0, 0.1) is 0 Å². The number of hydrogen-bond donors (Lipinski definition) is 0. The first-order valence-corrected chi connectivity index (χ1v) is 10.4. The summed E-state index contributed by atoms with van der Waals surface area (Å²) in [7, 11) is 0. The van der Waals surface area contributed by atoms with Crippen LogP contribution in [0.15, 0.2) is 64.4 Å². The summed E-state index contributed by atoms with van der Waals surface area (Å²) < 4.78 is 6.71. The second kappa shape index (κ2) is 8.23.